The zero-order valence-electron chi connectivity index (χ0n) is 14.4. The standard InChI is InChI=1S/C19H12Cl2N4O2S/c1-10-5-4-6-11(9-10)17-22-23-18(28-17)16-14(21)15(19(26)27)24-25(16)13-8-3-2-7-12(13)20/h2-9H,1H3,(H,26,27). The topological polar surface area (TPSA) is 80.9 Å². The summed E-state index contributed by atoms with van der Waals surface area (Å²) in [6, 6.07) is 14.8. The summed E-state index contributed by atoms with van der Waals surface area (Å²) in [5.41, 5.74) is 2.58. The molecule has 0 spiro atoms. The van der Waals surface area contributed by atoms with Gasteiger partial charge in [0.2, 0.25) is 0 Å². The number of aromatic carboxylic acids is 1. The van der Waals surface area contributed by atoms with E-state index in [2.05, 4.69) is 15.3 Å². The van der Waals surface area contributed by atoms with E-state index in [1.54, 1.807) is 24.3 Å². The molecule has 0 saturated carbocycles. The molecule has 0 radical (unpaired) electrons. The fraction of sp³-hybridized carbons (Fsp3) is 0.0526. The van der Waals surface area contributed by atoms with Crippen molar-refractivity contribution >= 4 is 40.5 Å². The maximum atomic E-state index is 11.6. The first-order valence-corrected chi connectivity index (χ1v) is 9.70. The Morgan fingerprint density at radius 2 is 1.82 bits per heavy atom. The molecule has 0 saturated heterocycles. The summed E-state index contributed by atoms with van der Waals surface area (Å²) in [6.07, 6.45) is 0. The van der Waals surface area contributed by atoms with E-state index < -0.39 is 5.97 Å². The number of halogens is 2. The number of hydrogen-bond acceptors (Lipinski definition) is 5. The Morgan fingerprint density at radius 1 is 1.07 bits per heavy atom. The van der Waals surface area contributed by atoms with Crippen LogP contribution in [0.1, 0.15) is 16.1 Å². The number of nitrogens with zero attached hydrogens (tertiary/aromatic N) is 4. The minimum atomic E-state index is -1.24. The van der Waals surface area contributed by atoms with Crippen molar-refractivity contribution in [2.24, 2.45) is 0 Å². The second kappa shape index (κ2) is 7.35. The van der Waals surface area contributed by atoms with Gasteiger partial charge in [-0.2, -0.15) is 5.10 Å². The van der Waals surface area contributed by atoms with E-state index >= 15 is 0 Å². The van der Waals surface area contributed by atoms with Gasteiger partial charge in [-0.05, 0) is 25.1 Å². The van der Waals surface area contributed by atoms with Crippen molar-refractivity contribution in [3.05, 3.63) is 69.8 Å². The first-order chi connectivity index (χ1) is 13.5. The molecule has 4 aromatic rings. The Hall–Kier alpha value is -2.74. The normalized spacial score (nSPS) is 11.0. The molecule has 0 fully saturated rings. The summed E-state index contributed by atoms with van der Waals surface area (Å²) in [5, 5.41) is 23.6. The molecule has 2 aromatic carbocycles. The second-order valence-electron chi connectivity index (χ2n) is 5.96. The number of para-hydroxylation sites is 1. The van der Waals surface area contributed by atoms with Gasteiger partial charge in [0.1, 0.15) is 15.7 Å². The Balaban J connectivity index is 1.91. The lowest BCUT2D eigenvalue weighted by atomic mass is 10.1. The number of aryl methyl sites for hydroxylation is 1. The number of hydrogen-bond donors (Lipinski definition) is 1. The van der Waals surface area contributed by atoms with Gasteiger partial charge in [0.15, 0.2) is 10.7 Å². The highest BCUT2D eigenvalue weighted by atomic mass is 35.5. The Bertz CT molecular complexity index is 1200. The minimum absolute atomic E-state index is 0.0145. The van der Waals surface area contributed by atoms with E-state index in [4.69, 9.17) is 23.2 Å². The van der Waals surface area contributed by atoms with Crippen LogP contribution in [-0.4, -0.2) is 31.1 Å². The summed E-state index contributed by atoms with van der Waals surface area (Å²) in [5.74, 6) is -1.24. The molecule has 9 heteroatoms. The molecular formula is C19H12Cl2N4O2S. The number of carbonyl (C=O) groups is 1. The molecule has 6 nitrogen and oxygen atoms in total. The van der Waals surface area contributed by atoms with Gasteiger partial charge in [0.05, 0.1) is 10.7 Å². The number of rotatable bonds is 4. The van der Waals surface area contributed by atoms with E-state index in [1.165, 1.54) is 16.0 Å². The number of carboxylic acids is 1. The van der Waals surface area contributed by atoms with Crippen LogP contribution >= 0.6 is 34.5 Å². The van der Waals surface area contributed by atoms with E-state index in [-0.39, 0.29) is 10.7 Å². The quantitative estimate of drug-likeness (QED) is 0.470. The molecular weight excluding hydrogens is 419 g/mol. The molecule has 140 valence electrons. The second-order valence-corrected chi connectivity index (χ2v) is 7.72. The van der Waals surface area contributed by atoms with Crippen LogP contribution in [0.4, 0.5) is 0 Å². The van der Waals surface area contributed by atoms with Crippen LogP contribution in [0, 0.1) is 6.92 Å². The van der Waals surface area contributed by atoms with Crippen LogP contribution in [0.2, 0.25) is 10.0 Å². The third-order valence-corrected chi connectivity index (χ3v) is 5.66. The molecule has 0 aliphatic heterocycles. The highest BCUT2D eigenvalue weighted by molar-refractivity contribution is 7.18. The molecule has 0 atom stereocenters. The van der Waals surface area contributed by atoms with Crippen molar-refractivity contribution < 1.29 is 9.90 Å². The molecule has 0 aliphatic rings. The highest BCUT2D eigenvalue weighted by Gasteiger charge is 2.26. The molecule has 0 bridgehead atoms. The van der Waals surface area contributed by atoms with Crippen molar-refractivity contribution in [1.29, 1.82) is 0 Å². The minimum Gasteiger partial charge on any atom is -0.476 e. The molecule has 2 aromatic heterocycles. The lowest BCUT2D eigenvalue weighted by Gasteiger charge is -2.07. The maximum absolute atomic E-state index is 11.6. The van der Waals surface area contributed by atoms with E-state index in [0.29, 0.717) is 26.4 Å². The Kier molecular flexibility index (Phi) is 4.89. The van der Waals surface area contributed by atoms with Crippen molar-refractivity contribution in [1.82, 2.24) is 20.0 Å². The van der Waals surface area contributed by atoms with Crippen molar-refractivity contribution in [3.8, 4) is 27.0 Å². The van der Waals surface area contributed by atoms with Crippen molar-refractivity contribution in [3.63, 3.8) is 0 Å². The predicted molar refractivity (Wildman–Crippen MR) is 110 cm³/mol. The Labute approximate surface area is 174 Å². The molecule has 0 aliphatic carbocycles. The average Bonchev–Trinajstić information content (AvgIpc) is 3.27. The summed E-state index contributed by atoms with van der Waals surface area (Å²) in [4.78, 5) is 11.6. The van der Waals surface area contributed by atoms with Crippen LogP contribution < -0.4 is 0 Å². The number of benzene rings is 2. The molecule has 4 rings (SSSR count). The number of carboxylic acid groups (broad SMARTS) is 1. The third-order valence-electron chi connectivity index (χ3n) is 4.00. The Morgan fingerprint density at radius 3 is 2.54 bits per heavy atom. The third kappa shape index (κ3) is 3.28. The smallest absolute Gasteiger partial charge is 0.358 e. The van der Waals surface area contributed by atoms with Gasteiger partial charge in [-0.1, -0.05) is 70.4 Å². The van der Waals surface area contributed by atoms with Crippen LogP contribution in [0.3, 0.4) is 0 Å². The maximum Gasteiger partial charge on any atom is 0.358 e. The van der Waals surface area contributed by atoms with Gasteiger partial charge < -0.3 is 5.11 Å². The molecule has 28 heavy (non-hydrogen) atoms. The molecule has 0 amide bonds. The van der Waals surface area contributed by atoms with Crippen molar-refractivity contribution in [2.45, 2.75) is 6.92 Å². The monoisotopic (exact) mass is 430 g/mol. The molecule has 2 heterocycles. The summed E-state index contributed by atoms with van der Waals surface area (Å²) in [7, 11) is 0. The zero-order chi connectivity index (χ0) is 19.8. The van der Waals surface area contributed by atoms with Crippen molar-refractivity contribution in [2.75, 3.05) is 0 Å². The molecule has 1 N–H and O–H groups in total. The number of aromatic nitrogens is 4. The first kappa shape index (κ1) is 18.6. The van der Waals surface area contributed by atoms with Crippen LogP contribution in [0.5, 0.6) is 0 Å². The van der Waals surface area contributed by atoms with Gasteiger partial charge in [0, 0.05) is 5.56 Å². The van der Waals surface area contributed by atoms with E-state index in [0.717, 1.165) is 11.1 Å². The van der Waals surface area contributed by atoms with Gasteiger partial charge >= 0.3 is 5.97 Å². The van der Waals surface area contributed by atoms with Crippen LogP contribution in [0.25, 0.3) is 27.0 Å². The van der Waals surface area contributed by atoms with E-state index in [1.807, 2.05) is 31.2 Å². The largest absolute Gasteiger partial charge is 0.476 e. The van der Waals surface area contributed by atoms with Crippen LogP contribution in [0.15, 0.2) is 48.5 Å². The SMILES string of the molecule is Cc1cccc(-c2nnc(-c3c(Cl)c(C(=O)O)nn3-c3ccccc3Cl)s2)c1. The fourth-order valence-corrected chi connectivity index (χ4v) is 4.17. The lowest BCUT2D eigenvalue weighted by Crippen LogP contribution is -2.02. The van der Waals surface area contributed by atoms with Gasteiger partial charge in [-0.3, -0.25) is 0 Å². The summed E-state index contributed by atoms with van der Waals surface area (Å²) in [6.45, 7) is 1.99. The summed E-state index contributed by atoms with van der Waals surface area (Å²) < 4.78 is 1.40. The summed E-state index contributed by atoms with van der Waals surface area (Å²) >= 11 is 14.0. The van der Waals surface area contributed by atoms with Gasteiger partial charge in [0.25, 0.3) is 0 Å². The van der Waals surface area contributed by atoms with Crippen LogP contribution in [-0.2, 0) is 0 Å². The highest BCUT2D eigenvalue weighted by Crippen LogP contribution is 2.38. The average molecular weight is 431 g/mol. The fourth-order valence-electron chi connectivity index (χ4n) is 2.73. The predicted octanol–water partition coefficient (Wildman–Crippen LogP) is 5.37. The van der Waals surface area contributed by atoms with E-state index in [9.17, 15) is 9.90 Å². The van der Waals surface area contributed by atoms with Gasteiger partial charge in [-0.15, -0.1) is 10.2 Å². The zero-order valence-corrected chi connectivity index (χ0v) is 16.8. The lowest BCUT2D eigenvalue weighted by molar-refractivity contribution is 0.0690. The first-order valence-electron chi connectivity index (χ1n) is 8.13. The molecule has 0 unspecified atom stereocenters. The van der Waals surface area contributed by atoms with Gasteiger partial charge in [-0.25, -0.2) is 9.48 Å².